The molecule has 1 nitrogen and oxygen atoms in total. The Hall–Kier alpha value is -0.206. The number of hydrogen-bond donors (Lipinski definition) is 1. The van der Waals surface area contributed by atoms with Gasteiger partial charge in [0.1, 0.15) is 5.75 Å². The van der Waals surface area contributed by atoms with Crippen molar-refractivity contribution in [2.45, 2.75) is 53.9 Å². The smallest absolute Gasteiger partial charge is 0.121 e. The molecule has 0 bridgehead atoms. The topological polar surface area (TPSA) is 20.2 Å². The van der Waals surface area contributed by atoms with Crippen LogP contribution in [0.25, 0.3) is 0 Å². The normalized spacial score (nSPS) is 11.3. The van der Waals surface area contributed by atoms with E-state index in [1.807, 2.05) is 12.2 Å². The molecule has 0 unspecified atom stereocenters. The van der Waals surface area contributed by atoms with E-state index in [1.165, 1.54) is 5.56 Å². The van der Waals surface area contributed by atoms with E-state index >= 15 is 0 Å². The van der Waals surface area contributed by atoms with E-state index in [1.54, 1.807) is 0 Å². The van der Waals surface area contributed by atoms with Crippen LogP contribution in [0.4, 0.5) is 0 Å². The number of rotatable bonds is 4. The Morgan fingerprint density at radius 1 is 1.00 bits per heavy atom. The minimum atomic E-state index is 0. The zero-order valence-electron chi connectivity index (χ0n) is 15.4. The van der Waals surface area contributed by atoms with Crippen molar-refractivity contribution in [1.29, 1.82) is 0 Å². The van der Waals surface area contributed by atoms with Crippen LogP contribution < -0.4 is 0 Å². The monoisotopic (exact) mass is 405 g/mol. The van der Waals surface area contributed by atoms with Crippen molar-refractivity contribution in [3.05, 3.63) is 53.1 Å². The van der Waals surface area contributed by atoms with Crippen LogP contribution >= 0.6 is 24.8 Å². The van der Waals surface area contributed by atoms with Gasteiger partial charge in [-0.15, -0.1) is 31.2 Å². The molecule has 2 rings (SSSR count). The van der Waals surface area contributed by atoms with Crippen LogP contribution in [-0.2, 0) is 34.6 Å². The van der Waals surface area contributed by atoms with Gasteiger partial charge in [-0.1, -0.05) is 45.4 Å². The maximum Gasteiger partial charge on any atom is 0.121 e. The number of benzene rings is 1. The van der Waals surface area contributed by atoms with Gasteiger partial charge >= 0.3 is 0 Å². The van der Waals surface area contributed by atoms with Crippen molar-refractivity contribution < 1.29 is 26.8 Å². The Balaban J connectivity index is -0.000000475. The largest absolute Gasteiger partial charge is 0.507 e. The van der Waals surface area contributed by atoms with Crippen LogP contribution in [0.5, 0.6) is 5.75 Å². The molecule has 1 aromatic rings. The maximum absolute atomic E-state index is 10.2. The van der Waals surface area contributed by atoms with Gasteiger partial charge < -0.3 is 5.11 Å². The quantitative estimate of drug-likeness (QED) is 0.463. The second-order valence-corrected chi connectivity index (χ2v) is 6.63. The fourth-order valence-electron chi connectivity index (χ4n) is 2.47. The van der Waals surface area contributed by atoms with Crippen LogP contribution in [0.2, 0.25) is 0 Å². The molecule has 0 saturated carbocycles. The van der Waals surface area contributed by atoms with E-state index in [0.717, 1.165) is 30.4 Å². The molecular formula is C20H31Cl2OTi-. The summed E-state index contributed by atoms with van der Waals surface area (Å²) in [7, 11) is 0. The predicted molar refractivity (Wildman–Crippen MR) is 106 cm³/mol. The molecule has 0 spiro atoms. The second kappa shape index (κ2) is 15.1. The maximum atomic E-state index is 10.2. The van der Waals surface area contributed by atoms with Gasteiger partial charge in [0, 0.05) is 21.7 Å². The minimum Gasteiger partial charge on any atom is -0.507 e. The van der Waals surface area contributed by atoms with E-state index in [9.17, 15) is 5.11 Å². The molecule has 1 aliphatic carbocycles. The number of halogens is 2. The molecular weight excluding hydrogens is 375 g/mol. The van der Waals surface area contributed by atoms with Crippen molar-refractivity contribution in [1.82, 2.24) is 0 Å². The van der Waals surface area contributed by atoms with Crippen LogP contribution in [-0.4, -0.2) is 5.11 Å². The third kappa shape index (κ3) is 11.4. The summed E-state index contributed by atoms with van der Waals surface area (Å²) >= 11 is 0. The number of phenols is 1. The van der Waals surface area contributed by atoms with Crippen LogP contribution in [0, 0.1) is 24.8 Å². The molecule has 24 heavy (non-hydrogen) atoms. The fraction of sp³-hybridized carbons (Fsp3) is 0.500. The van der Waals surface area contributed by atoms with Crippen molar-refractivity contribution in [2.24, 2.45) is 11.8 Å². The van der Waals surface area contributed by atoms with Crippen molar-refractivity contribution >= 4 is 24.8 Å². The second-order valence-electron chi connectivity index (χ2n) is 6.63. The van der Waals surface area contributed by atoms with E-state index in [4.69, 9.17) is 0 Å². The third-order valence-electron chi connectivity index (χ3n) is 3.25. The first-order chi connectivity index (χ1) is 9.90. The molecule has 0 atom stereocenters. The average Bonchev–Trinajstić information content (AvgIpc) is 2.92. The molecule has 0 aliphatic heterocycles. The van der Waals surface area contributed by atoms with E-state index in [0.29, 0.717) is 17.6 Å². The van der Waals surface area contributed by atoms with Gasteiger partial charge in [0.2, 0.25) is 0 Å². The van der Waals surface area contributed by atoms with Gasteiger partial charge in [-0.25, -0.2) is 12.2 Å². The van der Waals surface area contributed by atoms with Crippen molar-refractivity contribution in [2.75, 3.05) is 0 Å². The van der Waals surface area contributed by atoms with E-state index in [2.05, 4.69) is 58.9 Å². The number of hydrogen-bond acceptors (Lipinski definition) is 1. The molecule has 1 aromatic carbocycles. The summed E-state index contributed by atoms with van der Waals surface area (Å²) in [5, 5.41) is 10.2. The fourth-order valence-corrected chi connectivity index (χ4v) is 2.47. The summed E-state index contributed by atoms with van der Waals surface area (Å²) in [6.07, 6.45) is 11.9. The van der Waals surface area contributed by atoms with Crippen molar-refractivity contribution in [3.63, 3.8) is 0 Å². The van der Waals surface area contributed by atoms with Gasteiger partial charge in [-0.05, 0) is 42.7 Å². The zero-order valence-corrected chi connectivity index (χ0v) is 18.6. The summed E-state index contributed by atoms with van der Waals surface area (Å²) in [5.74, 6) is 1.69. The van der Waals surface area contributed by atoms with Gasteiger partial charge in [0.15, 0.2) is 0 Å². The molecule has 0 fully saturated rings. The Morgan fingerprint density at radius 3 is 1.71 bits per heavy atom. The van der Waals surface area contributed by atoms with Crippen LogP contribution in [0.15, 0.2) is 30.4 Å². The Morgan fingerprint density at radius 2 is 1.46 bits per heavy atom. The zero-order chi connectivity index (χ0) is 15.8. The average molecular weight is 406 g/mol. The molecule has 0 amide bonds. The Bertz CT molecular complexity index is 467. The van der Waals surface area contributed by atoms with Crippen LogP contribution in [0.1, 0.15) is 50.8 Å². The molecule has 0 aromatic heterocycles. The third-order valence-corrected chi connectivity index (χ3v) is 3.25. The van der Waals surface area contributed by atoms with E-state index in [-0.39, 0.29) is 46.5 Å². The Kier molecular flexibility index (Phi) is 18.0. The molecule has 0 heterocycles. The molecule has 1 aliphatic rings. The van der Waals surface area contributed by atoms with Crippen molar-refractivity contribution in [3.8, 4) is 5.75 Å². The molecule has 0 radical (unpaired) electrons. The van der Waals surface area contributed by atoms with Gasteiger partial charge in [-0.2, -0.15) is 6.08 Å². The number of aryl methyl sites for hydroxylation is 1. The number of allylic oxidation sites excluding steroid dienone is 4. The molecule has 4 heteroatoms. The van der Waals surface area contributed by atoms with Gasteiger partial charge in [-0.3, -0.25) is 6.08 Å². The first-order valence-electron chi connectivity index (χ1n) is 7.93. The standard InChI is InChI=1S/C15H24O.C5H5.2ClH.Ti/c1-10(2)6-13-8-12(5)9-14(15(13)16)7-11(3)4;1-2-4-5-3-1;;;/h8-11,16H,6-7H2,1-5H3;1-3H,4H2;2*1H;/q;-1;;;. The minimum absolute atomic E-state index is 0. The summed E-state index contributed by atoms with van der Waals surface area (Å²) in [5.41, 5.74) is 3.46. The molecule has 136 valence electrons. The first-order valence-corrected chi connectivity index (χ1v) is 7.93. The van der Waals surface area contributed by atoms with Gasteiger partial charge in [0.05, 0.1) is 0 Å². The molecule has 0 saturated heterocycles. The number of aromatic hydroxyl groups is 1. The summed E-state index contributed by atoms with van der Waals surface area (Å²) in [6.45, 7) is 10.8. The SMILES string of the molecule is Cc1cc(CC(C)C)c(O)c(CC(C)C)c1.Cl.Cl.[C-]1=CC=CC1.[Ti]. The summed E-state index contributed by atoms with van der Waals surface area (Å²) < 4.78 is 0. The Labute approximate surface area is 175 Å². The van der Waals surface area contributed by atoms with E-state index < -0.39 is 0 Å². The summed E-state index contributed by atoms with van der Waals surface area (Å²) in [6, 6.07) is 4.22. The summed E-state index contributed by atoms with van der Waals surface area (Å²) in [4.78, 5) is 0. The predicted octanol–water partition coefficient (Wildman–Crippen LogP) is 6.24. The molecule has 1 N–H and O–H groups in total. The van der Waals surface area contributed by atoms with Gasteiger partial charge in [0.25, 0.3) is 0 Å². The number of phenolic OH excluding ortho intramolecular Hbond substituents is 1. The van der Waals surface area contributed by atoms with Crippen LogP contribution in [0.3, 0.4) is 0 Å². The first kappa shape index (κ1) is 28.6.